The van der Waals surface area contributed by atoms with Gasteiger partial charge in [0.1, 0.15) is 0 Å². The van der Waals surface area contributed by atoms with Gasteiger partial charge in [0.05, 0.1) is 4.90 Å². The Balaban J connectivity index is 1.96. The van der Waals surface area contributed by atoms with E-state index in [1.165, 1.54) is 4.31 Å². The molecular formula is C19H21BrN2O3S. The summed E-state index contributed by atoms with van der Waals surface area (Å²) in [5.41, 5.74) is 2.61. The molecule has 26 heavy (non-hydrogen) atoms. The van der Waals surface area contributed by atoms with E-state index in [1.807, 2.05) is 43.3 Å². The number of amides is 1. The highest BCUT2D eigenvalue weighted by molar-refractivity contribution is 9.10. The lowest BCUT2D eigenvalue weighted by molar-refractivity contribution is -0.118. The molecule has 2 aromatic rings. The molecule has 0 unspecified atom stereocenters. The number of sulfonamides is 1. The van der Waals surface area contributed by atoms with Gasteiger partial charge in [0, 0.05) is 36.7 Å². The third-order valence-electron chi connectivity index (χ3n) is 4.57. The molecule has 1 heterocycles. The fourth-order valence-corrected chi connectivity index (χ4v) is 5.35. The summed E-state index contributed by atoms with van der Waals surface area (Å²) in [5, 5.41) is 0. The van der Waals surface area contributed by atoms with Crippen molar-refractivity contribution >= 4 is 37.5 Å². The van der Waals surface area contributed by atoms with Crippen LogP contribution >= 0.6 is 15.9 Å². The highest BCUT2D eigenvalue weighted by Crippen LogP contribution is 2.36. The number of carbonyl (C=O) groups is 1. The van der Waals surface area contributed by atoms with Gasteiger partial charge in [0.2, 0.25) is 15.9 Å². The maximum Gasteiger partial charge on any atom is 0.244 e. The van der Waals surface area contributed by atoms with Crippen molar-refractivity contribution in [1.29, 1.82) is 0 Å². The van der Waals surface area contributed by atoms with Crippen LogP contribution in [0.3, 0.4) is 0 Å². The van der Waals surface area contributed by atoms with Gasteiger partial charge in [-0.25, -0.2) is 8.42 Å². The lowest BCUT2D eigenvalue weighted by Gasteiger charge is -2.21. The predicted octanol–water partition coefficient (Wildman–Crippen LogP) is 3.57. The minimum atomic E-state index is -3.70. The van der Waals surface area contributed by atoms with Crippen LogP contribution in [0.15, 0.2) is 51.8 Å². The number of hydrogen-bond donors (Lipinski definition) is 0. The molecule has 0 atom stereocenters. The van der Waals surface area contributed by atoms with E-state index < -0.39 is 10.0 Å². The van der Waals surface area contributed by atoms with Gasteiger partial charge in [-0.2, -0.15) is 4.31 Å². The molecule has 0 radical (unpaired) electrons. The maximum atomic E-state index is 13.1. The van der Waals surface area contributed by atoms with Crippen LogP contribution in [0.4, 0.5) is 5.69 Å². The molecule has 5 nitrogen and oxygen atoms in total. The van der Waals surface area contributed by atoms with E-state index in [-0.39, 0.29) is 17.3 Å². The zero-order valence-corrected chi connectivity index (χ0v) is 17.2. The van der Waals surface area contributed by atoms with E-state index in [9.17, 15) is 13.2 Å². The molecule has 0 fully saturated rings. The quantitative estimate of drug-likeness (QED) is 0.719. The third kappa shape index (κ3) is 3.56. The second kappa shape index (κ2) is 7.50. The molecule has 0 bridgehead atoms. The molecule has 1 amide bonds. The van der Waals surface area contributed by atoms with Crippen molar-refractivity contribution in [3.05, 3.63) is 58.1 Å². The fraction of sp³-hybridized carbons (Fsp3) is 0.316. The summed E-state index contributed by atoms with van der Waals surface area (Å²) in [7, 11) is -2.13. The monoisotopic (exact) mass is 436 g/mol. The van der Waals surface area contributed by atoms with E-state index in [4.69, 9.17) is 0 Å². The van der Waals surface area contributed by atoms with Gasteiger partial charge in [-0.05, 0) is 45.6 Å². The Morgan fingerprint density at radius 1 is 1.23 bits per heavy atom. The van der Waals surface area contributed by atoms with Crippen LogP contribution in [-0.4, -0.2) is 32.2 Å². The highest BCUT2D eigenvalue weighted by Gasteiger charge is 2.30. The van der Waals surface area contributed by atoms with Gasteiger partial charge in [0.15, 0.2) is 0 Å². The molecular weight excluding hydrogens is 416 g/mol. The first-order valence-electron chi connectivity index (χ1n) is 8.47. The fourth-order valence-electron chi connectivity index (χ4n) is 3.13. The molecule has 0 N–H and O–H groups in total. The summed E-state index contributed by atoms with van der Waals surface area (Å²) < 4.78 is 28.1. The van der Waals surface area contributed by atoms with Crippen LogP contribution < -0.4 is 4.90 Å². The first-order valence-corrected chi connectivity index (χ1v) is 10.7. The van der Waals surface area contributed by atoms with Crippen molar-refractivity contribution in [2.45, 2.75) is 31.2 Å². The van der Waals surface area contributed by atoms with Crippen LogP contribution in [0.25, 0.3) is 0 Å². The largest absolute Gasteiger partial charge is 0.312 e. The number of hydrogen-bond acceptors (Lipinski definition) is 3. The Bertz CT molecular complexity index is 929. The van der Waals surface area contributed by atoms with Crippen molar-refractivity contribution in [3.63, 3.8) is 0 Å². The number of halogens is 1. The van der Waals surface area contributed by atoms with Crippen LogP contribution in [0.1, 0.15) is 24.5 Å². The van der Waals surface area contributed by atoms with E-state index in [0.717, 1.165) is 17.5 Å². The summed E-state index contributed by atoms with van der Waals surface area (Å²) in [5.74, 6) is 0.00654. The normalized spacial score (nSPS) is 13.9. The molecule has 138 valence electrons. The SMILES string of the molecule is CCC(=O)N1CCc2cc(Br)c(S(=O)(=O)N(C)Cc3ccccc3)cc21. The number of fused-ring (bicyclic) bond motifs is 1. The predicted molar refractivity (Wildman–Crippen MR) is 106 cm³/mol. The summed E-state index contributed by atoms with van der Waals surface area (Å²) in [4.78, 5) is 14.0. The second-order valence-electron chi connectivity index (χ2n) is 6.31. The van der Waals surface area contributed by atoms with Crippen molar-refractivity contribution < 1.29 is 13.2 Å². The van der Waals surface area contributed by atoms with Crippen molar-refractivity contribution in [2.75, 3.05) is 18.5 Å². The first-order chi connectivity index (χ1) is 12.3. The van der Waals surface area contributed by atoms with Crippen LogP contribution in [-0.2, 0) is 27.8 Å². The Morgan fingerprint density at radius 2 is 1.92 bits per heavy atom. The van der Waals surface area contributed by atoms with Gasteiger partial charge in [-0.3, -0.25) is 4.79 Å². The van der Waals surface area contributed by atoms with Gasteiger partial charge in [-0.1, -0.05) is 37.3 Å². The molecule has 0 aliphatic carbocycles. The number of benzene rings is 2. The van der Waals surface area contributed by atoms with Crippen molar-refractivity contribution in [2.24, 2.45) is 0 Å². The Labute approximate surface area is 162 Å². The summed E-state index contributed by atoms with van der Waals surface area (Å²) >= 11 is 3.40. The smallest absolute Gasteiger partial charge is 0.244 e. The molecule has 1 aliphatic heterocycles. The summed E-state index contributed by atoms with van der Waals surface area (Å²) in [6.45, 7) is 2.69. The van der Waals surface area contributed by atoms with E-state index in [1.54, 1.807) is 18.0 Å². The molecule has 2 aromatic carbocycles. The van der Waals surface area contributed by atoms with Gasteiger partial charge < -0.3 is 4.90 Å². The molecule has 0 aromatic heterocycles. The van der Waals surface area contributed by atoms with E-state index in [0.29, 0.717) is 23.1 Å². The second-order valence-corrected chi connectivity index (χ2v) is 9.17. The van der Waals surface area contributed by atoms with Gasteiger partial charge >= 0.3 is 0 Å². The average molecular weight is 437 g/mol. The third-order valence-corrected chi connectivity index (χ3v) is 7.33. The average Bonchev–Trinajstić information content (AvgIpc) is 3.03. The Kier molecular flexibility index (Phi) is 5.50. The molecule has 0 saturated carbocycles. The van der Waals surface area contributed by atoms with Crippen LogP contribution in [0.2, 0.25) is 0 Å². The standard InChI is InChI=1S/C19H21BrN2O3S/c1-3-19(23)22-10-9-15-11-16(20)18(12-17(15)22)26(24,25)21(2)13-14-7-5-4-6-8-14/h4-8,11-12H,3,9-10,13H2,1-2H3. The van der Waals surface area contributed by atoms with Crippen LogP contribution in [0, 0.1) is 0 Å². The van der Waals surface area contributed by atoms with Crippen molar-refractivity contribution in [3.8, 4) is 0 Å². The minimum absolute atomic E-state index is 0.00654. The first kappa shape index (κ1) is 19.1. The molecule has 1 aliphatic rings. The Hall–Kier alpha value is -1.70. The van der Waals surface area contributed by atoms with Crippen molar-refractivity contribution in [1.82, 2.24) is 4.31 Å². The van der Waals surface area contributed by atoms with Crippen LogP contribution in [0.5, 0.6) is 0 Å². The number of nitrogens with zero attached hydrogens (tertiary/aromatic N) is 2. The molecule has 7 heteroatoms. The van der Waals surface area contributed by atoms with Gasteiger partial charge in [-0.15, -0.1) is 0 Å². The summed E-state index contributed by atoms with van der Waals surface area (Å²) in [6, 6.07) is 12.9. The topological polar surface area (TPSA) is 57.7 Å². The van der Waals surface area contributed by atoms with Gasteiger partial charge in [0.25, 0.3) is 0 Å². The summed E-state index contributed by atoms with van der Waals surface area (Å²) in [6.07, 6.45) is 1.13. The number of carbonyl (C=O) groups excluding carboxylic acids is 1. The minimum Gasteiger partial charge on any atom is -0.312 e. The molecule has 0 saturated heterocycles. The maximum absolute atomic E-state index is 13.1. The molecule has 0 spiro atoms. The number of rotatable bonds is 5. The lowest BCUT2D eigenvalue weighted by atomic mass is 10.2. The molecule has 3 rings (SSSR count). The zero-order valence-electron chi connectivity index (χ0n) is 14.8. The number of anilines is 1. The Morgan fingerprint density at radius 3 is 2.58 bits per heavy atom. The van der Waals surface area contributed by atoms with E-state index in [2.05, 4.69) is 15.9 Å². The lowest BCUT2D eigenvalue weighted by Crippen LogP contribution is -2.29. The highest BCUT2D eigenvalue weighted by atomic mass is 79.9. The van der Waals surface area contributed by atoms with E-state index >= 15 is 0 Å². The zero-order chi connectivity index (χ0) is 18.9.